The van der Waals surface area contributed by atoms with Crippen molar-refractivity contribution in [1.82, 2.24) is 14.7 Å². The van der Waals surface area contributed by atoms with E-state index in [1.165, 1.54) is 11.1 Å². The van der Waals surface area contributed by atoms with Crippen molar-refractivity contribution >= 4 is 11.8 Å². The average molecular weight is 276 g/mol. The van der Waals surface area contributed by atoms with Gasteiger partial charge in [0.15, 0.2) is 5.82 Å². The largest absolute Gasteiger partial charge is 0.323 e. The molecular formula is C15H24N4O. The second kappa shape index (κ2) is 5.69. The molecule has 0 radical (unpaired) electrons. The molecule has 110 valence electrons. The van der Waals surface area contributed by atoms with Crippen LogP contribution in [-0.4, -0.2) is 33.8 Å². The minimum Gasteiger partial charge on any atom is -0.320 e. The van der Waals surface area contributed by atoms with Gasteiger partial charge in [-0.05, 0) is 41.0 Å². The number of amides is 2. The molecule has 20 heavy (non-hydrogen) atoms. The zero-order valence-electron chi connectivity index (χ0n) is 13.0. The Labute approximate surface area is 120 Å². The van der Waals surface area contributed by atoms with Crippen LogP contribution in [0.2, 0.25) is 0 Å². The molecule has 2 heterocycles. The van der Waals surface area contributed by atoms with Gasteiger partial charge in [-0.25, -0.2) is 4.79 Å². The lowest BCUT2D eigenvalue weighted by atomic mass is 10.0. The third kappa shape index (κ3) is 3.03. The van der Waals surface area contributed by atoms with E-state index in [0.29, 0.717) is 18.4 Å². The third-order valence-electron chi connectivity index (χ3n) is 3.85. The molecule has 0 saturated carbocycles. The molecule has 0 bridgehead atoms. The molecule has 2 amide bonds. The van der Waals surface area contributed by atoms with Crippen molar-refractivity contribution in [3.05, 3.63) is 22.9 Å². The Kier molecular flexibility index (Phi) is 4.16. The van der Waals surface area contributed by atoms with Crippen LogP contribution in [0.5, 0.6) is 0 Å². The highest BCUT2D eigenvalue weighted by Gasteiger charge is 2.20. The van der Waals surface area contributed by atoms with E-state index in [0.717, 1.165) is 18.7 Å². The van der Waals surface area contributed by atoms with E-state index < -0.39 is 0 Å². The second-order valence-corrected chi connectivity index (χ2v) is 5.87. The predicted octanol–water partition coefficient (Wildman–Crippen LogP) is 3.35. The summed E-state index contributed by atoms with van der Waals surface area (Å²) in [7, 11) is 0. The lowest BCUT2D eigenvalue weighted by Gasteiger charge is -2.28. The molecule has 0 fully saturated rings. The van der Waals surface area contributed by atoms with E-state index in [4.69, 9.17) is 0 Å². The fourth-order valence-electron chi connectivity index (χ4n) is 2.45. The Bertz CT molecular complexity index is 542. The highest BCUT2D eigenvalue weighted by Crippen LogP contribution is 2.18. The topological polar surface area (TPSA) is 50.2 Å². The molecule has 0 aliphatic carbocycles. The number of urea groups is 1. The standard InChI is InChI=1S/C15H24N4O/c1-10(2)19-13(5)8-14(17-19)16-15(20)18-7-6-11(3)12(4)9-18/h8,10H,6-7,9H2,1-5H3,(H,16,17,20). The van der Waals surface area contributed by atoms with Crippen LogP contribution in [0.4, 0.5) is 10.6 Å². The van der Waals surface area contributed by atoms with Crippen LogP contribution in [-0.2, 0) is 0 Å². The van der Waals surface area contributed by atoms with Gasteiger partial charge >= 0.3 is 6.03 Å². The minimum atomic E-state index is -0.0646. The molecule has 0 aromatic carbocycles. The van der Waals surface area contributed by atoms with Gasteiger partial charge in [0.05, 0.1) is 0 Å². The Morgan fingerprint density at radius 1 is 1.30 bits per heavy atom. The van der Waals surface area contributed by atoms with Crippen LogP contribution in [0.25, 0.3) is 0 Å². The molecule has 1 aliphatic heterocycles. The summed E-state index contributed by atoms with van der Waals surface area (Å²) in [6, 6.07) is 2.14. The van der Waals surface area contributed by atoms with Crippen LogP contribution >= 0.6 is 0 Å². The number of nitrogens with zero attached hydrogens (tertiary/aromatic N) is 3. The summed E-state index contributed by atoms with van der Waals surface area (Å²) in [5.41, 5.74) is 3.74. The first-order chi connectivity index (χ1) is 9.38. The number of carbonyl (C=O) groups is 1. The monoisotopic (exact) mass is 276 g/mol. The van der Waals surface area contributed by atoms with Gasteiger partial charge in [-0.15, -0.1) is 0 Å². The number of aromatic nitrogens is 2. The summed E-state index contributed by atoms with van der Waals surface area (Å²) in [4.78, 5) is 14.1. The lowest BCUT2D eigenvalue weighted by molar-refractivity contribution is 0.214. The molecule has 5 heteroatoms. The Morgan fingerprint density at radius 3 is 2.55 bits per heavy atom. The fourth-order valence-corrected chi connectivity index (χ4v) is 2.45. The molecule has 0 unspecified atom stereocenters. The maximum Gasteiger partial charge on any atom is 0.323 e. The molecule has 5 nitrogen and oxygen atoms in total. The van der Waals surface area contributed by atoms with Crippen molar-refractivity contribution in [2.75, 3.05) is 18.4 Å². The van der Waals surface area contributed by atoms with Crippen molar-refractivity contribution in [1.29, 1.82) is 0 Å². The molecule has 1 N–H and O–H groups in total. The lowest BCUT2D eigenvalue weighted by Crippen LogP contribution is -2.39. The number of carbonyl (C=O) groups excluding carboxylic acids is 1. The number of hydrogen-bond acceptors (Lipinski definition) is 2. The smallest absolute Gasteiger partial charge is 0.320 e. The molecule has 1 aromatic rings. The van der Waals surface area contributed by atoms with E-state index in [2.05, 4.69) is 38.1 Å². The van der Waals surface area contributed by atoms with E-state index in [9.17, 15) is 4.79 Å². The van der Waals surface area contributed by atoms with Gasteiger partial charge in [0.1, 0.15) is 0 Å². The highest BCUT2D eigenvalue weighted by atomic mass is 16.2. The van der Waals surface area contributed by atoms with Crippen molar-refractivity contribution in [3.8, 4) is 0 Å². The summed E-state index contributed by atoms with van der Waals surface area (Å²) in [6.07, 6.45) is 0.957. The van der Waals surface area contributed by atoms with E-state index in [-0.39, 0.29) is 6.03 Å². The van der Waals surface area contributed by atoms with Gasteiger partial charge in [0.2, 0.25) is 0 Å². The summed E-state index contributed by atoms with van der Waals surface area (Å²) >= 11 is 0. The average Bonchev–Trinajstić information content (AvgIpc) is 2.73. The van der Waals surface area contributed by atoms with Gasteiger partial charge in [-0.1, -0.05) is 11.1 Å². The zero-order valence-corrected chi connectivity index (χ0v) is 13.0. The first-order valence-electron chi connectivity index (χ1n) is 7.15. The Morgan fingerprint density at radius 2 is 2.00 bits per heavy atom. The zero-order chi connectivity index (χ0) is 14.9. The summed E-state index contributed by atoms with van der Waals surface area (Å²) in [5, 5.41) is 7.32. The summed E-state index contributed by atoms with van der Waals surface area (Å²) in [5.74, 6) is 0.630. The van der Waals surface area contributed by atoms with E-state index >= 15 is 0 Å². The number of nitrogens with one attached hydrogen (secondary N) is 1. The molecule has 1 aliphatic rings. The maximum atomic E-state index is 12.3. The molecule has 0 atom stereocenters. The van der Waals surface area contributed by atoms with Gasteiger partial charge < -0.3 is 4.90 Å². The predicted molar refractivity (Wildman–Crippen MR) is 80.9 cm³/mol. The molecule has 2 rings (SSSR count). The van der Waals surface area contributed by atoms with Crippen LogP contribution < -0.4 is 5.32 Å². The van der Waals surface area contributed by atoms with Crippen LogP contribution in [0.1, 0.15) is 45.9 Å². The van der Waals surface area contributed by atoms with Crippen molar-refractivity contribution in [3.63, 3.8) is 0 Å². The molecule has 0 saturated heterocycles. The van der Waals surface area contributed by atoms with Crippen molar-refractivity contribution in [2.45, 2.75) is 47.1 Å². The number of anilines is 1. The van der Waals surface area contributed by atoms with Gasteiger partial charge in [0.25, 0.3) is 0 Å². The van der Waals surface area contributed by atoms with Crippen LogP contribution in [0.3, 0.4) is 0 Å². The van der Waals surface area contributed by atoms with Crippen molar-refractivity contribution in [2.24, 2.45) is 0 Å². The molecular weight excluding hydrogens is 252 g/mol. The number of rotatable bonds is 2. The van der Waals surface area contributed by atoms with Crippen molar-refractivity contribution < 1.29 is 4.79 Å². The summed E-state index contributed by atoms with van der Waals surface area (Å²) in [6.45, 7) is 11.9. The fraction of sp³-hybridized carbons (Fsp3) is 0.600. The van der Waals surface area contributed by atoms with Crippen LogP contribution in [0, 0.1) is 6.92 Å². The third-order valence-corrected chi connectivity index (χ3v) is 3.85. The Hall–Kier alpha value is -1.78. The normalized spacial score (nSPS) is 16.0. The Balaban J connectivity index is 2.04. The van der Waals surface area contributed by atoms with Gasteiger partial charge in [0, 0.05) is 30.9 Å². The summed E-state index contributed by atoms with van der Waals surface area (Å²) < 4.78 is 1.92. The van der Waals surface area contributed by atoms with Gasteiger partial charge in [-0.3, -0.25) is 10.00 Å². The highest BCUT2D eigenvalue weighted by molar-refractivity contribution is 5.88. The van der Waals surface area contributed by atoms with Gasteiger partial charge in [-0.2, -0.15) is 5.10 Å². The molecule has 0 spiro atoms. The van der Waals surface area contributed by atoms with E-state index in [1.807, 2.05) is 22.6 Å². The quantitative estimate of drug-likeness (QED) is 0.842. The molecule has 1 aromatic heterocycles. The second-order valence-electron chi connectivity index (χ2n) is 5.87. The first kappa shape index (κ1) is 14.6. The maximum absolute atomic E-state index is 12.3. The first-order valence-corrected chi connectivity index (χ1v) is 7.15. The minimum absolute atomic E-state index is 0.0646. The SMILES string of the molecule is CC1=C(C)CN(C(=O)Nc2cc(C)n(C(C)C)n2)CC1. The number of aryl methyl sites for hydroxylation is 1. The van der Waals surface area contributed by atoms with E-state index in [1.54, 1.807) is 0 Å². The number of hydrogen-bond donors (Lipinski definition) is 1. The van der Waals surface area contributed by atoms with Crippen LogP contribution in [0.15, 0.2) is 17.2 Å².